The van der Waals surface area contributed by atoms with Crippen molar-refractivity contribution in [1.82, 2.24) is 4.57 Å². The van der Waals surface area contributed by atoms with E-state index >= 15 is 0 Å². The first-order chi connectivity index (χ1) is 13.9. The van der Waals surface area contributed by atoms with E-state index in [0.717, 1.165) is 33.8 Å². The van der Waals surface area contributed by atoms with Crippen LogP contribution in [-0.4, -0.2) is 21.7 Å². The minimum Gasteiger partial charge on any atom is -0.545 e. The third-order valence-electron chi connectivity index (χ3n) is 5.04. The number of aliphatic hydroxyl groups is 1. The molecule has 0 aliphatic heterocycles. The summed E-state index contributed by atoms with van der Waals surface area (Å²) in [5.41, 5.74) is 4.16. The minimum absolute atomic E-state index is 0. The van der Waals surface area contributed by atoms with Crippen LogP contribution in [0.25, 0.3) is 22.0 Å². The second-order valence-electron chi connectivity index (χ2n) is 7.46. The molecular formula is C24H25FNNaO3. The van der Waals surface area contributed by atoms with Crippen LogP contribution in [0.15, 0.2) is 60.7 Å². The summed E-state index contributed by atoms with van der Waals surface area (Å²) in [6, 6.07) is 14.8. The first kappa shape index (κ1) is 24.4. The zero-order chi connectivity index (χ0) is 21.0. The molecule has 0 aliphatic rings. The summed E-state index contributed by atoms with van der Waals surface area (Å²) < 4.78 is 15.8. The molecule has 0 amide bonds. The molecule has 1 aromatic heterocycles. The number of aliphatic carboxylic acids is 1. The van der Waals surface area contributed by atoms with Gasteiger partial charge in [0.05, 0.1) is 12.1 Å². The molecule has 152 valence electrons. The fourth-order valence-corrected chi connectivity index (χ4v) is 3.83. The van der Waals surface area contributed by atoms with E-state index in [4.69, 9.17) is 0 Å². The quantitative estimate of drug-likeness (QED) is 0.440. The van der Waals surface area contributed by atoms with E-state index in [9.17, 15) is 19.4 Å². The van der Waals surface area contributed by atoms with Gasteiger partial charge in [0.25, 0.3) is 0 Å². The van der Waals surface area contributed by atoms with Gasteiger partial charge in [0, 0.05) is 28.2 Å². The van der Waals surface area contributed by atoms with Gasteiger partial charge in [-0.2, -0.15) is 0 Å². The van der Waals surface area contributed by atoms with Crippen molar-refractivity contribution in [2.75, 3.05) is 0 Å². The summed E-state index contributed by atoms with van der Waals surface area (Å²) in [6.07, 6.45) is 3.04. The Kier molecular flexibility index (Phi) is 8.86. The number of rotatable bonds is 8. The SMILES string of the molecule is CC(C)n1c(CCC(O)CC=CC(=O)[O-])c(-c2ccc(F)cc2)c2ccccc21.[Na+]. The molecule has 1 unspecified atom stereocenters. The molecule has 0 radical (unpaired) electrons. The molecule has 4 nitrogen and oxygen atoms in total. The Bertz CT molecular complexity index is 1020. The van der Waals surface area contributed by atoms with Gasteiger partial charge in [0.1, 0.15) is 5.82 Å². The van der Waals surface area contributed by atoms with E-state index in [2.05, 4.69) is 30.5 Å². The van der Waals surface area contributed by atoms with Crippen molar-refractivity contribution in [3.63, 3.8) is 0 Å². The summed E-state index contributed by atoms with van der Waals surface area (Å²) >= 11 is 0. The fraction of sp³-hybridized carbons (Fsp3) is 0.292. The zero-order valence-corrected chi connectivity index (χ0v) is 19.6. The molecule has 2 aromatic carbocycles. The third-order valence-corrected chi connectivity index (χ3v) is 5.04. The maximum atomic E-state index is 13.5. The molecule has 0 bridgehead atoms. The van der Waals surface area contributed by atoms with Gasteiger partial charge in [-0.15, -0.1) is 0 Å². The number of nitrogens with zero attached hydrogens (tertiary/aromatic N) is 1. The summed E-state index contributed by atoms with van der Waals surface area (Å²) in [5.74, 6) is -1.55. The van der Waals surface area contributed by atoms with E-state index < -0.39 is 12.1 Å². The number of carbonyl (C=O) groups is 1. The predicted octanol–water partition coefficient (Wildman–Crippen LogP) is 1.02. The second kappa shape index (κ2) is 10.9. The monoisotopic (exact) mass is 417 g/mol. The van der Waals surface area contributed by atoms with Crippen LogP contribution in [0.2, 0.25) is 0 Å². The van der Waals surface area contributed by atoms with Gasteiger partial charge in [-0.05, 0) is 62.9 Å². The molecule has 3 rings (SSSR count). The minimum atomic E-state index is -1.27. The summed E-state index contributed by atoms with van der Waals surface area (Å²) in [5, 5.41) is 21.9. The van der Waals surface area contributed by atoms with Crippen molar-refractivity contribution in [3.8, 4) is 11.1 Å². The number of benzene rings is 2. The van der Waals surface area contributed by atoms with Gasteiger partial charge in [-0.3, -0.25) is 0 Å². The van der Waals surface area contributed by atoms with E-state index in [-0.39, 0.29) is 47.8 Å². The van der Waals surface area contributed by atoms with Gasteiger partial charge in [0.2, 0.25) is 0 Å². The van der Waals surface area contributed by atoms with Crippen molar-refractivity contribution in [2.24, 2.45) is 0 Å². The van der Waals surface area contributed by atoms with Crippen LogP contribution in [0, 0.1) is 5.82 Å². The Hall–Kier alpha value is -1.92. The summed E-state index contributed by atoms with van der Waals surface area (Å²) in [4.78, 5) is 10.5. The van der Waals surface area contributed by atoms with Crippen LogP contribution < -0.4 is 34.7 Å². The fourth-order valence-electron chi connectivity index (χ4n) is 3.83. The summed E-state index contributed by atoms with van der Waals surface area (Å²) in [7, 11) is 0. The average Bonchev–Trinajstić information content (AvgIpc) is 3.01. The van der Waals surface area contributed by atoms with Crippen LogP contribution in [0.1, 0.15) is 38.4 Å². The summed E-state index contributed by atoms with van der Waals surface area (Å²) in [6.45, 7) is 4.23. The first-order valence-corrected chi connectivity index (χ1v) is 9.81. The Morgan fingerprint density at radius 1 is 1.17 bits per heavy atom. The molecule has 0 saturated carbocycles. The van der Waals surface area contributed by atoms with Crippen molar-refractivity contribution in [3.05, 3.63) is 72.2 Å². The Morgan fingerprint density at radius 3 is 2.47 bits per heavy atom. The largest absolute Gasteiger partial charge is 1.00 e. The molecule has 30 heavy (non-hydrogen) atoms. The third kappa shape index (κ3) is 5.61. The number of aromatic nitrogens is 1. The smallest absolute Gasteiger partial charge is 0.545 e. The van der Waals surface area contributed by atoms with Crippen molar-refractivity contribution in [1.29, 1.82) is 0 Å². The van der Waals surface area contributed by atoms with Crippen molar-refractivity contribution < 1.29 is 49.0 Å². The number of carbonyl (C=O) groups excluding carboxylic acids is 1. The van der Waals surface area contributed by atoms with Crippen LogP contribution in [0.3, 0.4) is 0 Å². The van der Waals surface area contributed by atoms with Crippen LogP contribution in [0.5, 0.6) is 0 Å². The number of carboxylic acid groups (broad SMARTS) is 1. The van der Waals surface area contributed by atoms with Crippen LogP contribution in [-0.2, 0) is 11.2 Å². The van der Waals surface area contributed by atoms with Gasteiger partial charge in [-0.1, -0.05) is 36.4 Å². The Morgan fingerprint density at radius 2 is 1.83 bits per heavy atom. The molecule has 1 N–H and O–H groups in total. The van der Waals surface area contributed by atoms with Gasteiger partial charge in [0.15, 0.2) is 0 Å². The van der Waals surface area contributed by atoms with Crippen LogP contribution >= 0.6 is 0 Å². The molecule has 1 atom stereocenters. The molecule has 0 aliphatic carbocycles. The average molecular weight is 417 g/mol. The number of aliphatic hydroxyl groups excluding tert-OH is 1. The van der Waals surface area contributed by atoms with Gasteiger partial charge < -0.3 is 19.6 Å². The Labute approximate surface area is 198 Å². The Balaban J connectivity index is 0.00000320. The maximum absolute atomic E-state index is 13.5. The molecule has 1 heterocycles. The molecule has 0 saturated heterocycles. The normalized spacial score (nSPS) is 12.4. The number of para-hydroxylation sites is 1. The number of fused-ring (bicyclic) bond motifs is 1. The predicted molar refractivity (Wildman–Crippen MR) is 111 cm³/mol. The van der Waals surface area contributed by atoms with Crippen LogP contribution in [0.4, 0.5) is 4.39 Å². The second-order valence-corrected chi connectivity index (χ2v) is 7.46. The number of halogens is 1. The van der Waals surface area contributed by atoms with Gasteiger partial charge >= 0.3 is 29.6 Å². The van der Waals surface area contributed by atoms with Crippen molar-refractivity contribution >= 4 is 16.9 Å². The van der Waals surface area contributed by atoms with E-state index in [0.29, 0.717) is 12.8 Å². The number of hydrogen-bond acceptors (Lipinski definition) is 3. The molecule has 0 fully saturated rings. The topological polar surface area (TPSA) is 65.3 Å². The molecule has 3 aromatic rings. The number of carboxylic acids is 1. The maximum Gasteiger partial charge on any atom is 1.00 e. The number of hydrogen-bond donors (Lipinski definition) is 1. The molecule has 0 spiro atoms. The molecule has 6 heteroatoms. The first-order valence-electron chi connectivity index (χ1n) is 9.81. The molecular weight excluding hydrogens is 392 g/mol. The zero-order valence-electron chi connectivity index (χ0n) is 17.6. The van der Waals surface area contributed by atoms with E-state index in [1.807, 2.05) is 12.1 Å². The van der Waals surface area contributed by atoms with E-state index in [1.54, 1.807) is 12.1 Å². The van der Waals surface area contributed by atoms with Crippen molar-refractivity contribution in [2.45, 2.75) is 45.3 Å². The standard InChI is InChI=1S/C24H26FNO3.Na/c1-16(2)26-21-8-4-3-7-20(21)24(17-10-12-18(25)13-11-17)22(26)15-14-19(27)6-5-9-23(28)29;/h3-5,7-13,16,19,27H,6,14-15H2,1-2H3,(H,28,29);/q;+1/p-1. The van der Waals surface area contributed by atoms with E-state index in [1.165, 1.54) is 18.2 Å². The van der Waals surface area contributed by atoms with Gasteiger partial charge in [-0.25, -0.2) is 4.39 Å².